The lowest BCUT2D eigenvalue weighted by Crippen LogP contribution is -2.18. The summed E-state index contributed by atoms with van der Waals surface area (Å²) in [6.07, 6.45) is 5.51. The fourth-order valence-electron chi connectivity index (χ4n) is 2.15. The molecule has 0 saturated heterocycles. The summed E-state index contributed by atoms with van der Waals surface area (Å²) in [6, 6.07) is 8.32. The zero-order valence-corrected chi connectivity index (χ0v) is 10.7. The number of hydrogen-bond donors (Lipinski definition) is 1. The standard InChI is InChI=1S/C13H12N4S/c1-14-13(12-8-16-18-17-12)10-4-2-3-9-5-6-15-7-11(9)10/h2-8,13-14H,1H3. The maximum Gasteiger partial charge on any atom is 0.0957 e. The zero-order valence-electron chi connectivity index (χ0n) is 9.87. The van der Waals surface area contributed by atoms with Crippen LogP contribution in [-0.2, 0) is 0 Å². The molecule has 0 aliphatic rings. The average molecular weight is 256 g/mol. The number of pyridine rings is 1. The van der Waals surface area contributed by atoms with Crippen molar-refractivity contribution in [2.24, 2.45) is 0 Å². The fourth-order valence-corrected chi connectivity index (χ4v) is 2.60. The van der Waals surface area contributed by atoms with Gasteiger partial charge in [-0.3, -0.25) is 4.98 Å². The minimum atomic E-state index is 0.0525. The molecule has 5 heteroatoms. The Balaban J connectivity index is 2.18. The minimum absolute atomic E-state index is 0.0525. The van der Waals surface area contributed by atoms with E-state index in [1.807, 2.05) is 25.5 Å². The smallest absolute Gasteiger partial charge is 0.0957 e. The Morgan fingerprint density at radius 2 is 2.17 bits per heavy atom. The lowest BCUT2D eigenvalue weighted by Gasteiger charge is -2.15. The van der Waals surface area contributed by atoms with Crippen LogP contribution < -0.4 is 5.32 Å². The topological polar surface area (TPSA) is 50.7 Å². The van der Waals surface area contributed by atoms with Gasteiger partial charge in [0.25, 0.3) is 0 Å². The maximum absolute atomic E-state index is 4.32. The molecule has 0 saturated carbocycles. The van der Waals surface area contributed by atoms with Crippen LogP contribution in [0.2, 0.25) is 0 Å². The Labute approximate surface area is 109 Å². The second-order valence-corrected chi connectivity index (χ2v) is 4.55. The molecule has 3 aromatic rings. The normalized spacial score (nSPS) is 12.7. The third-order valence-corrected chi connectivity index (χ3v) is 3.48. The molecular formula is C13H12N4S. The van der Waals surface area contributed by atoms with E-state index in [-0.39, 0.29) is 6.04 Å². The molecule has 2 heterocycles. The molecule has 18 heavy (non-hydrogen) atoms. The van der Waals surface area contributed by atoms with Crippen LogP contribution in [0.1, 0.15) is 17.3 Å². The van der Waals surface area contributed by atoms with E-state index in [1.165, 1.54) is 22.7 Å². The lowest BCUT2D eigenvalue weighted by atomic mass is 9.98. The zero-order chi connectivity index (χ0) is 12.4. The van der Waals surface area contributed by atoms with E-state index < -0.39 is 0 Å². The number of benzene rings is 1. The van der Waals surface area contributed by atoms with Crippen molar-refractivity contribution in [2.45, 2.75) is 6.04 Å². The van der Waals surface area contributed by atoms with Crippen molar-refractivity contribution in [3.8, 4) is 0 Å². The molecule has 1 atom stereocenters. The summed E-state index contributed by atoms with van der Waals surface area (Å²) in [5.41, 5.74) is 2.12. The van der Waals surface area contributed by atoms with Gasteiger partial charge in [-0.2, -0.15) is 8.75 Å². The average Bonchev–Trinajstić information content (AvgIpc) is 2.94. The molecule has 0 amide bonds. The lowest BCUT2D eigenvalue weighted by molar-refractivity contribution is 0.682. The highest BCUT2D eigenvalue weighted by Gasteiger charge is 2.16. The summed E-state index contributed by atoms with van der Waals surface area (Å²) in [5, 5.41) is 5.62. The van der Waals surface area contributed by atoms with Crippen LogP contribution in [0, 0.1) is 0 Å². The van der Waals surface area contributed by atoms with E-state index in [0.717, 1.165) is 11.1 Å². The summed E-state index contributed by atoms with van der Waals surface area (Å²) >= 11 is 1.23. The third kappa shape index (κ3) is 1.87. The monoisotopic (exact) mass is 256 g/mol. The second-order valence-electron chi connectivity index (χ2n) is 4.00. The molecule has 0 radical (unpaired) electrons. The van der Waals surface area contributed by atoms with Crippen LogP contribution in [0.5, 0.6) is 0 Å². The van der Waals surface area contributed by atoms with E-state index in [0.29, 0.717) is 0 Å². The SMILES string of the molecule is CNC(c1cnsn1)c1cccc2ccncc12. The fraction of sp³-hybridized carbons (Fsp3) is 0.154. The molecule has 3 rings (SSSR count). The minimum Gasteiger partial charge on any atom is -0.308 e. The summed E-state index contributed by atoms with van der Waals surface area (Å²) < 4.78 is 8.39. The van der Waals surface area contributed by atoms with Crippen LogP contribution in [0.25, 0.3) is 10.8 Å². The van der Waals surface area contributed by atoms with Gasteiger partial charge in [0.1, 0.15) is 0 Å². The first-order valence-electron chi connectivity index (χ1n) is 5.67. The Hall–Kier alpha value is -1.85. The van der Waals surface area contributed by atoms with Gasteiger partial charge in [-0.1, -0.05) is 18.2 Å². The molecule has 1 aromatic carbocycles. The highest BCUT2D eigenvalue weighted by molar-refractivity contribution is 6.99. The Kier molecular flexibility index (Phi) is 3.00. The van der Waals surface area contributed by atoms with Crippen molar-refractivity contribution >= 4 is 22.5 Å². The van der Waals surface area contributed by atoms with Crippen molar-refractivity contribution in [1.29, 1.82) is 0 Å². The van der Waals surface area contributed by atoms with Gasteiger partial charge >= 0.3 is 0 Å². The number of fused-ring (bicyclic) bond motifs is 1. The van der Waals surface area contributed by atoms with Crippen molar-refractivity contribution in [3.05, 3.63) is 54.1 Å². The van der Waals surface area contributed by atoms with Gasteiger partial charge in [0.2, 0.25) is 0 Å². The summed E-state index contributed by atoms with van der Waals surface area (Å²) in [7, 11) is 1.93. The van der Waals surface area contributed by atoms with E-state index in [2.05, 4.69) is 37.2 Å². The molecule has 0 bridgehead atoms. The Bertz CT molecular complexity index is 646. The van der Waals surface area contributed by atoms with Gasteiger partial charge in [-0.25, -0.2) is 0 Å². The molecular weight excluding hydrogens is 244 g/mol. The largest absolute Gasteiger partial charge is 0.308 e. The molecule has 0 aliphatic carbocycles. The van der Waals surface area contributed by atoms with Crippen LogP contribution >= 0.6 is 11.7 Å². The van der Waals surface area contributed by atoms with Gasteiger partial charge in [-0.15, -0.1) is 0 Å². The maximum atomic E-state index is 4.32. The molecule has 0 spiro atoms. The summed E-state index contributed by atoms with van der Waals surface area (Å²) in [5.74, 6) is 0. The van der Waals surface area contributed by atoms with Crippen LogP contribution in [0.4, 0.5) is 0 Å². The van der Waals surface area contributed by atoms with Crippen molar-refractivity contribution in [3.63, 3.8) is 0 Å². The molecule has 90 valence electrons. The van der Waals surface area contributed by atoms with Crippen molar-refractivity contribution in [1.82, 2.24) is 19.0 Å². The first-order chi connectivity index (χ1) is 8.90. The molecule has 2 aromatic heterocycles. The number of nitrogens with one attached hydrogen (secondary N) is 1. The highest BCUT2D eigenvalue weighted by Crippen LogP contribution is 2.27. The number of rotatable bonds is 3. The van der Waals surface area contributed by atoms with Gasteiger partial charge in [0.15, 0.2) is 0 Å². The van der Waals surface area contributed by atoms with Crippen LogP contribution in [0.15, 0.2) is 42.9 Å². The van der Waals surface area contributed by atoms with E-state index in [9.17, 15) is 0 Å². The third-order valence-electron chi connectivity index (χ3n) is 2.99. The first kappa shape index (κ1) is 11.3. The molecule has 1 unspecified atom stereocenters. The van der Waals surface area contributed by atoms with Crippen molar-refractivity contribution < 1.29 is 0 Å². The number of nitrogens with zero attached hydrogens (tertiary/aromatic N) is 3. The predicted octanol–water partition coefficient (Wildman–Crippen LogP) is 2.40. The van der Waals surface area contributed by atoms with Gasteiger partial charge < -0.3 is 5.32 Å². The Morgan fingerprint density at radius 1 is 1.22 bits per heavy atom. The first-order valence-corrected chi connectivity index (χ1v) is 6.40. The molecule has 0 fully saturated rings. The van der Waals surface area contributed by atoms with Gasteiger partial charge in [0, 0.05) is 17.8 Å². The number of hydrogen-bond acceptors (Lipinski definition) is 5. The molecule has 4 nitrogen and oxygen atoms in total. The summed E-state index contributed by atoms with van der Waals surface area (Å²) in [4.78, 5) is 4.21. The van der Waals surface area contributed by atoms with E-state index >= 15 is 0 Å². The van der Waals surface area contributed by atoms with Crippen molar-refractivity contribution in [2.75, 3.05) is 7.05 Å². The Morgan fingerprint density at radius 3 is 2.94 bits per heavy atom. The van der Waals surface area contributed by atoms with Gasteiger partial charge in [0.05, 0.1) is 29.7 Å². The number of aromatic nitrogens is 3. The van der Waals surface area contributed by atoms with Crippen LogP contribution in [0.3, 0.4) is 0 Å². The highest BCUT2D eigenvalue weighted by atomic mass is 32.1. The predicted molar refractivity (Wildman–Crippen MR) is 72.6 cm³/mol. The van der Waals surface area contributed by atoms with Crippen LogP contribution in [-0.4, -0.2) is 20.8 Å². The second kappa shape index (κ2) is 4.80. The molecule has 1 N–H and O–H groups in total. The molecule has 0 aliphatic heterocycles. The quantitative estimate of drug-likeness (QED) is 0.781. The summed E-state index contributed by atoms with van der Waals surface area (Å²) in [6.45, 7) is 0. The van der Waals surface area contributed by atoms with E-state index in [1.54, 1.807) is 6.20 Å². The van der Waals surface area contributed by atoms with Gasteiger partial charge in [-0.05, 0) is 24.1 Å². The van der Waals surface area contributed by atoms with E-state index in [4.69, 9.17) is 0 Å².